The van der Waals surface area contributed by atoms with Gasteiger partial charge in [0.05, 0.1) is 31.2 Å². The molecule has 0 aromatic carbocycles. The zero-order valence-electron chi connectivity index (χ0n) is 11.6. The smallest absolute Gasteiger partial charge is 0.227 e. The van der Waals surface area contributed by atoms with Gasteiger partial charge in [0.2, 0.25) is 5.91 Å². The van der Waals surface area contributed by atoms with Gasteiger partial charge in [-0.15, -0.1) is 22.9 Å². The van der Waals surface area contributed by atoms with Crippen LogP contribution in [0.2, 0.25) is 0 Å². The number of halogens is 1. The predicted molar refractivity (Wildman–Crippen MR) is 80.2 cm³/mol. The van der Waals surface area contributed by atoms with Crippen LogP contribution in [0.1, 0.15) is 17.6 Å². The van der Waals surface area contributed by atoms with Crippen molar-refractivity contribution in [3.8, 4) is 0 Å². The second-order valence-electron chi connectivity index (χ2n) is 4.92. The molecule has 0 radical (unpaired) electrons. The Labute approximate surface area is 128 Å². The highest BCUT2D eigenvalue weighted by Gasteiger charge is 2.16. The highest BCUT2D eigenvalue weighted by atomic mass is 35.5. The lowest BCUT2D eigenvalue weighted by Gasteiger charge is -2.29. The zero-order valence-corrected chi connectivity index (χ0v) is 13.2. The van der Waals surface area contributed by atoms with E-state index in [9.17, 15) is 4.79 Å². The SMILES string of the molecule is CC(CN1CCOCC1)NC(=O)Cc1nc(CCl)cs1. The number of hydrogen-bond acceptors (Lipinski definition) is 5. The second kappa shape index (κ2) is 7.93. The van der Waals surface area contributed by atoms with Gasteiger partial charge >= 0.3 is 0 Å². The number of carbonyl (C=O) groups is 1. The van der Waals surface area contributed by atoms with Crippen LogP contribution in [0.5, 0.6) is 0 Å². The average molecular weight is 318 g/mol. The molecule has 1 aliphatic heterocycles. The van der Waals surface area contributed by atoms with E-state index in [2.05, 4.69) is 15.2 Å². The van der Waals surface area contributed by atoms with Crippen molar-refractivity contribution in [1.82, 2.24) is 15.2 Å². The quantitative estimate of drug-likeness (QED) is 0.803. The second-order valence-corrected chi connectivity index (χ2v) is 6.13. The van der Waals surface area contributed by atoms with E-state index >= 15 is 0 Å². The first-order valence-electron chi connectivity index (χ1n) is 6.76. The normalized spacial score (nSPS) is 17.9. The molecule has 1 saturated heterocycles. The van der Waals surface area contributed by atoms with Crippen molar-refractivity contribution in [3.05, 3.63) is 16.1 Å². The fourth-order valence-electron chi connectivity index (χ4n) is 2.17. The van der Waals surface area contributed by atoms with E-state index in [0.29, 0.717) is 12.3 Å². The maximum atomic E-state index is 11.9. The summed E-state index contributed by atoms with van der Waals surface area (Å²) in [5, 5.41) is 5.73. The van der Waals surface area contributed by atoms with E-state index in [0.717, 1.165) is 43.5 Å². The summed E-state index contributed by atoms with van der Waals surface area (Å²) in [6.07, 6.45) is 0.328. The van der Waals surface area contributed by atoms with Gasteiger partial charge in [-0.2, -0.15) is 0 Å². The highest BCUT2D eigenvalue weighted by molar-refractivity contribution is 7.09. The third kappa shape index (κ3) is 5.01. The number of nitrogens with one attached hydrogen (secondary N) is 1. The molecule has 0 spiro atoms. The molecule has 2 heterocycles. The lowest BCUT2D eigenvalue weighted by atomic mass is 10.2. The van der Waals surface area contributed by atoms with E-state index < -0.39 is 0 Å². The number of morpholine rings is 1. The van der Waals surface area contributed by atoms with Crippen LogP contribution in [0.4, 0.5) is 0 Å². The van der Waals surface area contributed by atoms with E-state index in [4.69, 9.17) is 16.3 Å². The fourth-order valence-corrected chi connectivity index (χ4v) is 3.19. The summed E-state index contributed by atoms with van der Waals surface area (Å²) in [6, 6.07) is 0.132. The Morgan fingerprint density at radius 1 is 1.60 bits per heavy atom. The lowest BCUT2D eigenvalue weighted by Crippen LogP contribution is -2.46. The topological polar surface area (TPSA) is 54.5 Å². The molecule has 2 rings (SSSR count). The molecule has 0 saturated carbocycles. The van der Waals surface area contributed by atoms with Gasteiger partial charge in [-0.05, 0) is 6.92 Å². The molecule has 5 nitrogen and oxygen atoms in total. The Bertz CT molecular complexity index is 435. The fraction of sp³-hybridized carbons (Fsp3) is 0.692. The van der Waals surface area contributed by atoms with Crippen LogP contribution in [0.3, 0.4) is 0 Å². The minimum Gasteiger partial charge on any atom is -0.379 e. The molecule has 1 amide bonds. The number of ether oxygens (including phenoxy) is 1. The van der Waals surface area contributed by atoms with Crippen molar-refractivity contribution in [2.75, 3.05) is 32.8 Å². The zero-order chi connectivity index (χ0) is 14.4. The van der Waals surface area contributed by atoms with Crippen LogP contribution in [-0.4, -0.2) is 54.7 Å². The van der Waals surface area contributed by atoms with Gasteiger partial charge in [-0.25, -0.2) is 4.98 Å². The highest BCUT2D eigenvalue weighted by Crippen LogP contribution is 2.12. The molecule has 1 N–H and O–H groups in total. The van der Waals surface area contributed by atoms with Gasteiger partial charge in [-0.3, -0.25) is 9.69 Å². The minimum absolute atomic E-state index is 0.0150. The van der Waals surface area contributed by atoms with Gasteiger partial charge in [0, 0.05) is 31.1 Å². The van der Waals surface area contributed by atoms with Crippen molar-refractivity contribution < 1.29 is 9.53 Å². The number of aromatic nitrogens is 1. The summed E-state index contributed by atoms with van der Waals surface area (Å²) in [5.41, 5.74) is 0.834. The average Bonchev–Trinajstić information content (AvgIpc) is 2.87. The molecule has 1 aromatic rings. The number of thiazole rings is 1. The molecule has 7 heteroatoms. The first-order valence-corrected chi connectivity index (χ1v) is 8.17. The summed E-state index contributed by atoms with van der Waals surface area (Å²) in [7, 11) is 0. The van der Waals surface area contributed by atoms with Crippen LogP contribution in [0.15, 0.2) is 5.38 Å². The van der Waals surface area contributed by atoms with Crippen LogP contribution in [-0.2, 0) is 21.8 Å². The van der Waals surface area contributed by atoms with Crippen molar-refractivity contribution in [1.29, 1.82) is 0 Å². The molecule has 1 unspecified atom stereocenters. The predicted octanol–water partition coefficient (Wildman–Crippen LogP) is 1.26. The third-order valence-corrected chi connectivity index (χ3v) is 4.26. The molecule has 0 bridgehead atoms. The van der Waals surface area contributed by atoms with E-state index in [1.807, 2.05) is 12.3 Å². The maximum Gasteiger partial charge on any atom is 0.227 e. The van der Waals surface area contributed by atoms with Crippen molar-refractivity contribution in [3.63, 3.8) is 0 Å². The lowest BCUT2D eigenvalue weighted by molar-refractivity contribution is -0.121. The number of rotatable bonds is 6. The Morgan fingerprint density at radius 3 is 3.00 bits per heavy atom. The summed E-state index contributed by atoms with van der Waals surface area (Å²) in [5.74, 6) is 0.409. The Kier molecular flexibility index (Phi) is 6.22. The molecule has 20 heavy (non-hydrogen) atoms. The molecule has 1 aliphatic rings. The van der Waals surface area contributed by atoms with E-state index in [-0.39, 0.29) is 11.9 Å². The number of nitrogens with zero attached hydrogens (tertiary/aromatic N) is 2. The van der Waals surface area contributed by atoms with E-state index in [1.54, 1.807) is 0 Å². The van der Waals surface area contributed by atoms with Gasteiger partial charge in [0.1, 0.15) is 5.01 Å². The van der Waals surface area contributed by atoms with Gasteiger partial charge < -0.3 is 10.1 Å². The molecule has 112 valence electrons. The molecular weight excluding hydrogens is 298 g/mol. The van der Waals surface area contributed by atoms with Crippen LogP contribution >= 0.6 is 22.9 Å². The Hall–Kier alpha value is -0.690. The van der Waals surface area contributed by atoms with E-state index in [1.165, 1.54) is 11.3 Å². The number of hydrogen-bond donors (Lipinski definition) is 1. The Balaban J connectivity index is 1.72. The van der Waals surface area contributed by atoms with Crippen LogP contribution in [0, 0.1) is 0 Å². The van der Waals surface area contributed by atoms with Crippen molar-refractivity contribution in [2.45, 2.75) is 25.3 Å². The summed E-state index contributed by atoms with van der Waals surface area (Å²) < 4.78 is 5.31. The van der Waals surface area contributed by atoms with Crippen molar-refractivity contribution in [2.24, 2.45) is 0 Å². The monoisotopic (exact) mass is 317 g/mol. The largest absolute Gasteiger partial charge is 0.379 e. The molecule has 1 fully saturated rings. The Morgan fingerprint density at radius 2 is 2.35 bits per heavy atom. The minimum atomic E-state index is 0.0150. The number of amides is 1. The number of alkyl halides is 1. The van der Waals surface area contributed by atoms with Gasteiger partial charge in [0.25, 0.3) is 0 Å². The van der Waals surface area contributed by atoms with Gasteiger partial charge in [-0.1, -0.05) is 0 Å². The van der Waals surface area contributed by atoms with Crippen LogP contribution in [0.25, 0.3) is 0 Å². The van der Waals surface area contributed by atoms with Crippen molar-refractivity contribution >= 4 is 28.8 Å². The molecular formula is C13H20ClN3O2S. The molecule has 0 aliphatic carbocycles. The van der Waals surface area contributed by atoms with Crippen LogP contribution < -0.4 is 5.32 Å². The molecule has 1 atom stereocenters. The summed E-state index contributed by atoms with van der Waals surface area (Å²) in [6.45, 7) is 6.32. The van der Waals surface area contributed by atoms with Gasteiger partial charge in [0.15, 0.2) is 0 Å². The first kappa shape index (κ1) is 15.7. The third-order valence-electron chi connectivity index (χ3n) is 3.09. The number of carbonyl (C=O) groups excluding carboxylic acids is 1. The summed E-state index contributed by atoms with van der Waals surface area (Å²) in [4.78, 5) is 18.5. The standard InChI is InChI=1S/C13H20ClN3O2S/c1-10(8-17-2-4-19-5-3-17)15-12(18)6-13-16-11(7-14)9-20-13/h9-10H,2-8H2,1H3,(H,15,18). The molecule has 1 aromatic heterocycles. The maximum absolute atomic E-state index is 11.9. The summed E-state index contributed by atoms with van der Waals surface area (Å²) >= 11 is 7.18. The first-order chi connectivity index (χ1) is 9.67.